The van der Waals surface area contributed by atoms with Crippen molar-refractivity contribution < 1.29 is 4.42 Å². The summed E-state index contributed by atoms with van der Waals surface area (Å²) in [5.74, 6) is 1.61. The molecule has 2 heterocycles. The maximum atomic E-state index is 6.04. The van der Waals surface area contributed by atoms with E-state index in [0.717, 1.165) is 10.6 Å². The number of rotatable bonds is 4. The van der Waals surface area contributed by atoms with Gasteiger partial charge < -0.3 is 4.42 Å². The molecule has 0 saturated heterocycles. The van der Waals surface area contributed by atoms with Gasteiger partial charge in [0.25, 0.3) is 0 Å². The molecule has 0 saturated carbocycles. The first-order valence-electron chi connectivity index (χ1n) is 5.94. The molecule has 0 N–H and O–H groups in total. The highest BCUT2D eigenvalue weighted by molar-refractivity contribution is 7.98. The first kappa shape index (κ1) is 13.1. The van der Waals surface area contributed by atoms with Gasteiger partial charge in [-0.05, 0) is 24.3 Å². The van der Waals surface area contributed by atoms with Gasteiger partial charge in [-0.15, -0.1) is 10.2 Å². The summed E-state index contributed by atoms with van der Waals surface area (Å²) in [6, 6.07) is 13.3. The summed E-state index contributed by atoms with van der Waals surface area (Å²) in [6.45, 7) is 0. The third-order valence-corrected chi connectivity index (χ3v) is 3.95. The highest BCUT2D eigenvalue weighted by atomic mass is 35.5. The zero-order valence-corrected chi connectivity index (χ0v) is 11.9. The van der Waals surface area contributed by atoms with Crippen molar-refractivity contribution in [2.24, 2.45) is 0 Å². The van der Waals surface area contributed by atoms with Gasteiger partial charge in [-0.2, -0.15) is 0 Å². The van der Waals surface area contributed by atoms with Crippen molar-refractivity contribution in [3.05, 3.63) is 59.6 Å². The molecule has 0 aliphatic carbocycles. The molecule has 0 amide bonds. The van der Waals surface area contributed by atoms with Gasteiger partial charge in [0.15, 0.2) is 0 Å². The molecule has 6 heteroatoms. The van der Waals surface area contributed by atoms with Crippen molar-refractivity contribution in [3.63, 3.8) is 0 Å². The Bertz CT molecular complexity index is 702. The summed E-state index contributed by atoms with van der Waals surface area (Å²) in [5, 5.41) is 9.45. The van der Waals surface area contributed by atoms with Crippen LogP contribution in [0, 0.1) is 0 Å². The predicted molar refractivity (Wildman–Crippen MR) is 78.5 cm³/mol. The fraction of sp³-hybridized carbons (Fsp3) is 0.0714. The molecule has 0 aliphatic rings. The van der Waals surface area contributed by atoms with E-state index >= 15 is 0 Å². The molecular weight excluding hydrogens is 294 g/mol. The second-order valence-corrected chi connectivity index (χ2v) is 5.32. The van der Waals surface area contributed by atoms with Crippen LogP contribution in [0.1, 0.15) is 5.89 Å². The zero-order chi connectivity index (χ0) is 13.8. The third-order valence-electron chi connectivity index (χ3n) is 2.54. The number of pyridine rings is 1. The van der Waals surface area contributed by atoms with Crippen molar-refractivity contribution in [2.75, 3.05) is 0 Å². The smallest absolute Gasteiger partial charge is 0.247 e. The lowest BCUT2D eigenvalue weighted by atomic mass is 10.2. The Kier molecular flexibility index (Phi) is 3.99. The number of hydrogen-bond acceptors (Lipinski definition) is 5. The van der Waals surface area contributed by atoms with Gasteiger partial charge in [0.05, 0.1) is 10.8 Å². The summed E-state index contributed by atoms with van der Waals surface area (Å²) in [4.78, 5) is 4.20. The van der Waals surface area contributed by atoms with Crippen LogP contribution in [0.3, 0.4) is 0 Å². The quantitative estimate of drug-likeness (QED) is 0.680. The van der Waals surface area contributed by atoms with Crippen LogP contribution in [0.25, 0.3) is 11.5 Å². The molecule has 0 radical (unpaired) electrons. The molecular formula is C14H10ClN3OS. The van der Waals surface area contributed by atoms with Gasteiger partial charge in [0, 0.05) is 11.8 Å². The molecule has 2 aromatic heterocycles. The van der Waals surface area contributed by atoms with E-state index in [1.165, 1.54) is 11.8 Å². The number of nitrogens with zero attached hydrogens (tertiary/aromatic N) is 3. The van der Waals surface area contributed by atoms with E-state index in [1.807, 2.05) is 30.3 Å². The minimum absolute atomic E-state index is 0.522. The molecule has 3 aromatic rings. The molecule has 3 rings (SSSR count). The average molecular weight is 304 g/mol. The van der Waals surface area contributed by atoms with Crippen LogP contribution in [0.5, 0.6) is 0 Å². The highest BCUT2D eigenvalue weighted by Crippen LogP contribution is 2.27. The van der Waals surface area contributed by atoms with Gasteiger partial charge in [-0.1, -0.05) is 41.6 Å². The number of halogens is 1. The van der Waals surface area contributed by atoms with Gasteiger partial charge in [0.1, 0.15) is 5.03 Å². The lowest BCUT2D eigenvalue weighted by Gasteiger charge is -1.99. The third kappa shape index (κ3) is 3.00. The summed E-state index contributed by atoms with van der Waals surface area (Å²) < 4.78 is 5.62. The number of hydrogen-bond donors (Lipinski definition) is 0. The Morgan fingerprint density at radius 3 is 2.70 bits per heavy atom. The summed E-state index contributed by atoms with van der Waals surface area (Å²) in [6.07, 6.45) is 1.71. The summed E-state index contributed by atoms with van der Waals surface area (Å²) in [7, 11) is 0. The van der Waals surface area contributed by atoms with Crippen molar-refractivity contribution in [1.82, 2.24) is 15.2 Å². The van der Waals surface area contributed by atoms with Crippen LogP contribution in [-0.2, 0) is 5.75 Å². The van der Waals surface area contributed by atoms with E-state index < -0.39 is 0 Å². The van der Waals surface area contributed by atoms with Gasteiger partial charge in [-0.25, -0.2) is 4.98 Å². The Morgan fingerprint density at radius 1 is 1.05 bits per heavy atom. The van der Waals surface area contributed by atoms with E-state index in [4.69, 9.17) is 16.0 Å². The van der Waals surface area contributed by atoms with E-state index in [1.54, 1.807) is 18.3 Å². The number of thioether (sulfide) groups is 1. The molecule has 0 atom stereocenters. The van der Waals surface area contributed by atoms with E-state index in [2.05, 4.69) is 15.2 Å². The maximum absolute atomic E-state index is 6.04. The molecule has 0 unspecified atom stereocenters. The van der Waals surface area contributed by atoms with E-state index in [0.29, 0.717) is 22.6 Å². The standard InChI is InChI=1S/C14H10ClN3OS/c15-11-7-4-8-16-14(11)20-9-12-17-18-13(19-12)10-5-2-1-3-6-10/h1-8H,9H2. The van der Waals surface area contributed by atoms with Crippen LogP contribution in [0.4, 0.5) is 0 Å². The monoisotopic (exact) mass is 303 g/mol. The highest BCUT2D eigenvalue weighted by Gasteiger charge is 2.09. The molecule has 100 valence electrons. The van der Waals surface area contributed by atoms with Crippen LogP contribution in [0.2, 0.25) is 5.02 Å². The minimum atomic E-state index is 0.522. The lowest BCUT2D eigenvalue weighted by molar-refractivity contribution is 0.528. The van der Waals surface area contributed by atoms with Gasteiger partial charge >= 0.3 is 0 Å². The molecule has 0 fully saturated rings. The number of aromatic nitrogens is 3. The average Bonchev–Trinajstić information content (AvgIpc) is 2.96. The summed E-state index contributed by atoms with van der Waals surface area (Å²) >= 11 is 7.51. The topological polar surface area (TPSA) is 51.8 Å². The van der Waals surface area contributed by atoms with Crippen molar-refractivity contribution >= 4 is 23.4 Å². The van der Waals surface area contributed by atoms with Gasteiger partial charge in [0.2, 0.25) is 11.8 Å². The van der Waals surface area contributed by atoms with Crippen LogP contribution < -0.4 is 0 Å². The Hall–Kier alpha value is -1.85. The molecule has 0 bridgehead atoms. The summed E-state index contributed by atoms with van der Waals surface area (Å²) in [5.41, 5.74) is 0.909. The zero-order valence-electron chi connectivity index (χ0n) is 10.4. The predicted octanol–water partition coefficient (Wildman–Crippen LogP) is 4.08. The second-order valence-electron chi connectivity index (χ2n) is 3.95. The SMILES string of the molecule is Clc1cccnc1SCc1nnc(-c2ccccc2)o1. The Balaban J connectivity index is 1.71. The van der Waals surface area contributed by atoms with Crippen molar-refractivity contribution in [2.45, 2.75) is 10.8 Å². The maximum Gasteiger partial charge on any atom is 0.247 e. The minimum Gasteiger partial charge on any atom is -0.420 e. The molecule has 4 nitrogen and oxygen atoms in total. The van der Waals surface area contributed by atoms with Crippen molar-refractivity contribution in [1.29, 1.82) is 0 Å². The lowest BCUT2D eigenvalue weighted by Crippen LogP contribution is -1.84. The molecule has 20 heavy (non-hydrogen) atoms. The largest absolute Gasteiger partial charge is 0.420 e. The van der Waals surface area contributed by atoms with E-state index in [9.17, 15) is 0 Å². The Labute approximate surface area is 125 Å². The fourth-order valence-corrected chi connectivity index (χ4v) is 2.62. The number of benzene rings is 1. The first-order valence-corrected chi connectivity index (χ1v) is 7.30. The molecule has 0 spiro atoms. The van der Waals surface area contributed by atoms with Gasteiger partial charge in [-0.3, -0.25) is 0 Å². The fourth-order valence-electron chi connectivity index (χ4n) is 1.62. The Morgan fingerprint density at radius 2 is 1.90 bits per heavy atom. The van der Waals surface area contributed by atoms with Crippen LogP contribution in [0.15, 0.2) is 58.1 Å². The van der Waals surface area contributed by atoms with E-state index in [-0.39, 0.29) is 0 Å². The normalized spacial score (nSPS) is 10.7. The second kappa shape index (κ2) is 6.07. The van der Waals surface area contributed by atoms with Crippen LogP contribution in [-0.4, -0.2) is 15.2 Å². The molecule has 0 aliphatic heterocycles. The first-order chi connectivity index (χ1) is 9.83. The van der Waals surface area contributed by atoms with Crippen molar-refractivity contribution in [3.8, 4) is 11.5 Å². The van der Waals surface area contributed by atoms with Crippen LogP contribution >= 0.6 is 23.4 Å². The molecule has 1 aromatic carbocycles.